The fourth-order valence-electron chi connectivity index (χ4n) is 2.95. The Morgan fingerprint density at radius 2 is 1.95 bits per heavy atom. The topological polar surface area (TPSA) is 23.6 Å². The fourth-order valence-corrected chi connectivity index (χ4v) is 6.23. The van der Waals surface area contributed by atoms with Crippen molar-refractivity contribution in [3.05, 3.63) is 35.6 Å². The Bertz CT molecular complexity index is 521. The molecule has 2 heterocycles. The third kappa shape index (κ3) is 4.12. The second kappa shape index (κ2) is 7.75. The number of halogens is 2. The number of rotatable bonds is 4. The van der Waals surface area contributed by atoms with Crippen LogP contribution in [-0.2, 0) is 10.8 Å². The Balaban J connectivity index is 1.62. The Morgan fingerprint density at radius 1 is 1.27 bits per heavy atom. The van der Waals surface area contributed by atoms with Crippen LogP contribution in [0.3, 0.4) is 0 Å². The van der Waals surface area contributed by atoms with E-state index < -0.39 is 10.8 Å². The summed E-state index contributed by atoms with van der Waals surface area (Å²) in [6.45, 7) is 2.76. The lowest BCUT2D eigenvalue weighted by Crippen LogP contribution is -2.37. The first kappa shape index (κ1) is 16.9. The molecule has 0 saturated carbocycles. The maximum absolute atomic E-state index is 13.1. The van der Waals surface area contributed by atoms with E-state index in [-0.39, 0.29) is 5.82 Å². The van der Waals surface area contributed by atoms with Crippen LogP contribution in [-0.4, -0.2) is 55.3 Å². The van der Waals surface area contributed by atoms with Gasteiger partial charge >= 0.3 is 0 Å². The molecule has 2 aliphatic heterocycles. The quantitative estimate of drug-likeness (QED) is 0.566. The van der Waals surface area contributed by atoms with Crippen LogP contribution < -0.4 is 0 Å². The molecule has 7 heteroatoms. The molecule has 3 rings (SSSR count). The Morgan fingerprint density at radius 3 is 2.59 bits per heavy atom. The first-order valence-electron chi connectivity index (χ1n) is 7.52. The average Bonchev–Trinajstić information content (AvgIpc) is 2.93. The highest BCUT2D eigenvalue weighted by Gasteiger charge is 2.34. The summed E-state index contributed by atoms with van der Waals surface area (Å²) >= 11 is 5.41. The van der Waals surface area contributed by atoms with Crippen molar-refractivity contribution >= 4 is 38.9 Å². The molecule has 0 radical (unpaired) electrons. The predicted molar refractivity (Wildman–Crippen MR) is 95.1 cm³/mol. The molecule has 0 N–H and O–H groups in total. The van der Waals surface area contributed by atoms with Crippen LogP contribution in [0.15, 0.2) is 24.3 Å². The lowest BCUT2D eigenvalue weighted by molar-refractivity contribution is 0.425. The van der Waals surface area contributed by atoms with Gasteiger partial charge in [0.15, 0.2) is 0 Å². The van der Waals surface area contributed by atoms with Crippen molar-refractivity contribution in [2.75, 3.05) is 36.5 Å². The number of benzene rings is 1. The van der Waals surface area contributed by atoms with Crippen molar-refractivity contribution in [3.63, 3.8) is 0 Å². The molecule has 0 aliphatic carbocycles. The van der Waals surface area contributed by atoms with Gasteiger partial charge in [-0.15, -0.1) is 0 Å². The molecule has 2 aliphatic rings. The Labute approximate surface area is 146 Å². The summed E-state index contributed by atoms with van der Waals surface area (Å²) in [5, 5.41) is 0.942. The van der Waals surface area contributed by atoms with Crippen molar-refractivity contribution < 1.29 is 8.60 Å². The lowest BCUT2D eigenvalue weighted by Gasteiger charge is -2.31. The largest absolute Gasteiger partial charge is 0.259 e. The van der Waals surface area contributed by atoms with Crippen LogP contribution in [0.4, 0.5) is 4.39 Å². The van der Waals surface area contributed by atoms with Gasteiger partial charge in [0.25, 0.3) is 0 Å². The van der Waals surface area contributed by atoms with E-state index in [4.69, 9.17) is 0 Å². The number of nitrogens with zero attached hydrogens (tertiary/aromatic N) is 2. The summed E-state index contributed by atoms with van der Waals surface area (Å²) in [5.41, 5.74) is 1.22. The molecule has 1 aromatic carbocycles. The summed E-state index contributed by atoms with van der Waals surface area (Å²) in [7, 11) is -0.632. The van der Waals surface area contributed by atoms with Gasteiger partial charge < -0.3 is 0 Å². The van der Waals surface area contributed by atoms with Gasteiger partial charge in [0.1, 0.15) is 5.82 Å². The molecule has 0 spiro atoms. The highest BCUT2D eigenvalue weighted by atomic mass is 79.9. The average molecular weight is 407 g/mol. The monoisotopic (exact) mass is 406 g/mol. The van der Waals surface area contributed by atoms with Crippen LogP contribution in [0.25, 0.3) is 0 Å². The maximum atomic E-state index is 13.1. The molecule has 0 amide bonds. The van der Waals surface area contributed by atoms with Gasteiger partial charge in [-0.25, -0.2) is 13.0 Å². The normalized spacial score (nSPS) is 28.3. The maximum Gasteiger partial charge on any atom is 0.123 e. The molecule has 0 bridgehead atoms. The van der Waals surface area contributed by atoms with Crippen LogP contribution in [0.1, 0.15) is 17.9 Å². The van der Waals surface area contributed by atoms with E-state index in [1.54, 1.807) is 24.3 Å². The van der Waals surface area contributed by atoms with E-state index in [1.165, 1.54) is 5.56 Å². The van der Waals surface area contributed by atoms with Gasteiger partial charge in [0.2, 0.25) is 0 Å². The smallest absolute Gasteiger partial charge is 0.123 e. The van der Waals surface area contributed by atoms with Crippen LogP contribution in [0.5, 0.6) is 0 Å². The van der Waals surface area contributed by atoms with E-state index in [2.05, 4.69) is 24.5 Å². The number of hydrogen-bond donors (Lipinski definition) is 0. The van der Waals surface area contributed by atoms with Gasteiger partial charge in [-0.1, -0.05) is 28.1 Å². The molecule has 122 valence electrons. The zero-order valence-corrected chi connectivity index (χ0v) is 15.5. The summed E-state index contributed by atoms with van der Waals surface area (Å²) < 4.78 is 29.3. The summed E-state index contributed by atoms with van der Waals surface area (Å²) in [6.07, 6.45) is 1.09. The first-order chi connectivity index (χ1) is 10.7. The van der Waals surface area contributed by atoms with E-state index >= 15 is 0 Å². The second-order valence-electron chi connectivity index (χ2n) is 5.75. The van der Waals surface area contributed by atoms with Crippen LogP contribution in [0, 0.1) is 5.82 Å². The molecular weight excluding hydrogens is 387 g/mol. The Kier molecular flexibility index (Phi) is 5.95. The minimum atomic E-state index is -0.632. The molecule has 0 aromatic heterocycles. The standard InChI is InChI=1S/C15H20BrFN2OS2/c16-10-15-9-13(12-1-3-14(17)4-2-12)11-19(15)21-18-5-7-22(20)8-6-18/h1-4,13,15H,5-11H2. The van der Waals surface area contributed by atoms with Gasteiger partial charge in [-0.05, 0) is 30.0 Å². The third-order valence-electron chi connectivity index (χ3n) is 4.24. The highest BCUT2D eigenvalue weighted by Crippen LogP contribution is 2.37. The molecule has 22 heavy (non-hydrogen) atoms. The molecule has 2 unspecified atom stereocenters. The SMILES string of the molecule is O=S1CCN(SN2CC(c3ccc(F)cc3)CC2CBr)CC1. The minimum Gasteiger partial charge on any atom is -0.259 e. The number of alkyl halides is 1. The van der Waals surface area contributed by atoms with E-state index in [1.807, 2.05) is 12.1 Å². The second-order valence-corrected chi connectivity index (χ2v) is 9.24. The molecular formula is C15H20BrFN2OS2. The molecule has 1 aromatic rings. The predicted octanol–water partition coefficient (Wildman–Crippen LogP) is 3.01. The van der Waals surface area contributed by atoms with E-state index in [9.17, 15) is 8.60 Å². The van der Waals surface area contributed by atoms with Crippen molar-refractivity contribution in [1.29, 1.82) is 0 Å². The summed E-state index contributed by atoms with van der Waals surface area (Å²) in [5.74, 6) is 1.84. The van der Waals surface area contributed by atoms with Crippen molar-refractivity contribution in [1.82, 2.24) is 8.61 Å². The van der Waals surface area contributed by atoms with Crippen LogP contribution >= 0.6 is 28.1 Å². The summed E-state index contributed by atoms with van der Waals surface area (Å²) in [6, 6.07) is 7.39. The van der Waals surface area contributed by atoms with Gasteiger partial charge in [-0.3, -0.25) is 4.21 Å². The molecule has 2 fully saturated rings. The third-order valence-corrected chi connectivity index (χ3v) is 7.52. The van der Waals surface area contributed by atoms with Gasteiger partial charge in [-0.2, -0.15) is 0 Å². The first-order valence-corrected chi connectivity index (χ1v) is 10.9. The van der Waals surface area contributed by atoms with Gasteiger partial charge in [0.05, 0.1) is 0 Å². The molecule has 3 nitrogen and oxygen atoms in total. The van der Waals surface area contributed by atoms with Crippen molar-refractivity contribution in [2.24, 2.45) is 0 Å². The van der Waals surface area contributed by atoms with E-state index in [0.717, 1.165) is 42.9 Å². The fraction of sp³-hybridized carbons (Fsp3) is 0.600. The zero-order chi connectivity index (χ0) is 15.5. The molecule has 2 atom stereocenters. The molecule has 2 saturated heterocycles. The minimum absolute atomic E-state index is 0.175. The van der Waals surface area contributed by atoms with Crippen LogP contribution in [0.2, 0.25) is 0 Å². The lowest BCUT2D eigenvalue weighted by atomic mass is 9.97. The zero-order valence-electron chi connectivity index (χ0n) is 12.3. The van der Waals surface area contributed by atoms with Gasteiger partial charge in [0, 0.05) is 65.4 Å². The number of hydrogen-bond acceptors (Lipinski definition) is 4. The van der Waals surface area contributed by atoms with Crippen molar-refractivity contribution in [2.45, 2.75) is 18.4 Å². The van der Waals surface area contributed by atoms with E-state index in [0.29, 0.717) is 12.0 Å². The van der Waals surface area contributed by atoms with Crippen molar-refractivity contribution in [3.8, 4) is 0 Å². The Hall–Kier alpha value is 0.0500. The summed E-state index contributed by atoms with van der Waals surface area (Å²) in [4.78, 5) is 0. The highest BCUT2D eigenvalue weighted by molar-refractivity contribution is 9.09.